The first kappa shape index (κ1) is 21.3. The van der Waals surface area contributed by atoms with Crippen LogP contribution in [0.25, 0.3) is 0 Å². The molecule has 1 atom stereocenters. The first-order valence-electron chi connectivity index (χ1n) is 9.85. The number of ether oxygens (including phenoxy) is 1. The minimum atomic E-state index is -0.518. The van der Waals surface area contributed by atoms with Crippen LogP contribution < -0.4 is 15.0 Å². The summed E-state index contributed by atoms with van der Waals surface area (Å²) in [6.07, 6.45) is 1.97. The molecule has 1 saturated carbocycles. The maximum Gasteiger partial charge on any atom is 0.242 e. The number of anilines is 2. The molecule has 0 unspecified atom stereocenters. The molecule has 1 fully saturated rings. The second-order valence-corrected chi connectivity index (χ2v) is 9.41. The van der Waals surface area contributed by atoms with Crippen LogP contribution in [0.5, 0.6) is 5.75 Å². The highest BCUT2D eigenvalue weighted by molar-refractivity contribution is 8.02. The van der Waals surface area contributed by atoms with Gasteiger partial charge in [-0.2, -0.15) is 0 Å². The molecular formula is C22H22N4O3S2. The third-order valence-electron chi connectivity index (χ3n) is 4.77. The number of hydrogen-bond donors (Lipinski definition) is 1. The van der Waals surface area contributed by atoms with Gasteiger partial charge in [0.25, 0.3) is 0 Å². The van der Waals surface area contributed by atoms with Crippen LogP contribution in [-0.4, -0.2) is 35.2 Å². The molecule has 3 aromatic rings. The zero-order valence-corrected chi connectivity index (χ0v) is 18.8. The van der Waals surface area contributed by atoms with E-state index in [4.69, 9.17) is 4.74 Å². The molecule has 0 bridgehead atoms. The number of carbonyl (C=O) groups excluding carboxylic acids is 2. The van der Waals surface area contributed by atoms with Crippen LogP contribution in [0.1, 0.15) is 30.6 Å². The second-order valence-electron chi connectivity index (χ2n) is 7.10. The SMILES string of the molecule is COc1ccc(NC(=O)[C@@H](Sc2nnc(N(C(C)=O)C3CC3)s2)c2ccccc2)cc1. The average molecular weight is 455 g/mol. The molecule has 7 nitrogen and oxygen atoms in total. The van der Waals surface area contributed by atoms with Gasteiger partial charge in [-0.05, 0) is 42.7 Å². The number of thioether (sulfide) groups is 1. The summed E-state index contributed by atoms with van der Waals surface area (Å²) >= 11 is 2.67. The predicted molar refractivity (Wildman–Crippen MR) is 123 cm³/mol. The lowest BCUT2D eigenvalue weighted by Crippen LogP contribution is -2.30. The van der Waals surface area contributed by atoms with E-state index in [0.29, 0.717) is 15.2 Å². The number of hydrogen-bond acceptors (Lipinski definition) is 7. The molecule has 0 radical (unpaired) electrons. The lowest BCUT2D eigenvalue weighted by Gasteiger charge is -2.16. The first-order valence-corrected chi connectivity index (χ1v) is 11.5. The van der Waals surface area contributed by atoms with E-state index in [1.165, 1.54) is 23.1 Å². The van der Waals surface area contributed by atoms with Gasteiger partial charge in [-0.25, -0.2) is 0 Å². The summed E-state index contributed by atoms with van der Waals surface area (Å²) in [5.74, 6) is 0.523. The third kappa shape index (κ3) is 5.23. The summed E-state index contributed by atoms with van der Waals surface area (Å²) in [4.78, 5) is 26.9. The molecule has 0 saturated heterocycles. The van der Waals surface area contributed by atoms with Gasteiger partial charge in [-0.15, -0.1) is 10.2 Å². The van der Waals surface area contributed by atoms with Crippen molar-refractivity contribution < 1.29 is 14.3 Å². The van der Waals surface area contributed by atoms with Crippen LogP contribution in [0, 0.1) is 0 Å². The number of carbonyl (C=O) groups is 2. The fraction of sp³-hybridized carbons (Fsp3) is 0.273. The average Bonchev–Trinajstić information content (AvgIpc) is 3.50. The minimum absolute atomic E-state index is 0.0351. The van der Waals surface area contributed by atoms with Crippen molar-refractivity contribution in [1.82, 2.24) is 10.2 Å². The Kier molecular flexibility index (Phi) is 6.53. The molecule has 2 amide bonds. The molecule has 1 heterocycles. The molecule has 0 aliphatic heterocycles. The van der Waals surface area contributed by atoms with E-state index in [9.17, 15) is 9.59 Å². The normalized spacial score (nSPS) is 14.0. The van der Waals surface area contributed by atoms with Gasteiger partial charge in [0.05, 0.1) is 7.11 Å². The van der Waals surface area contributed by atoms with E-state index in [-0.39, 0.29) is 17.9 Å². The summed E-state index contributed by atoms with van der Waals surface area (Å²) in [6.45, 7) is 1.54. The van der Waals surface area contributed by atoms with E-state index >= 15 is 0 Å². The number of nitrogens with zero attached hydrogens (tertiary/aromatic N) is 3. The molecule has 0 spiro atoms. The Labute approximate surface area is 188 Å². The van der Waals surface area contributed by atoms with Gasteiger partial charge < -0.3 is 10.1 Å². The van der Waals surface area contributed by atoms with Crippen LogP contribution >= 0.6 is 23.1 Å². The van der Waals surface area contributed by atoms with Gasteiger partial charge in [-0.3, -0.25) is 14.5 Å². The fourth-order valence-corrected chi connectivity index (χ4v) is 5.26. The molecule has 1 N–H and O–H groups in total. The lowest BCUT2D eigenvalue weighted by molar-refractivity contribution is -0.117. The Balaban J connectivity index is 1.54. The number of amides is 2. The number of nitrogens with one attached hydrogen (secondary N) is 1. The van der Waals surface area contributed by atoms with Crippen LogP contribution in [0.2, 0.25) is 0 Å². The number of benzene rings is 2. The Hall–Kier alpha value is -2.91. The van der Waals surface area contributed by atoms with Crippen LogP contribution in [0.3, 0.4) is 0 Å². The van der Waals surface area contributed by atoms with Crippen molar-refractivity contribution in [3.8, 4) is 5.75 Å². The lowest BCUT2D eigenvalue weighted by atomic mass is 10.1. The van der Waals surface area contributed by atoms with E-state index in [0.717, 1.165) is 24.2 Å². The summed E-state index contributed by atoms with van der Waals surface area (Å²) in [5.41, 5.74) is 1.54. The maximum atomic E-state index is 13.2. The van der Waals surface area contributed by atoms with Gasteiger partial charge in [0, 0.05) is 18.7 Å². The Morgan fingerprint density at radius 2 is 1.84 bits per heavy atom. The zero-order chi connectivity index (χ0) is 21.8. The number of methoxy groups -OCH3 is 1. The highest BCUT2D eigenvalue weighted by Crippen LogP contribution is 2.41. The molecule has 9 heteroatoms. The van der Waals surface area contributed by atoms with Crippen molar-refractivity contribution in [3.63, 3.8) is 0 Å². The van der Waals surface area contributed by atoms with E-state index in [1.54, 1.807) is 43.2 Å². The van der Waals surface area contributed by atoms with Crippen molar-refractivity contribution in [3.05, 3.63) is 60.2 Å². The Morgan fingerprint density at radius 1 is 1.13 bits per heavy atom. The quantitative estimate of drug-likeness (QED) is 0.398. The third-order valence-corrected chi connectivity index (χ3v) is 7.03. The number of rotatable bonds is 8. The monoisotopic (exact) mass is 454 g/mol. The summed E-state index contributed by atoms with van der Waals surface area (Å²) < 4.78 is 5.81. The standard InChI is InChI=1S/C22H22N4O3S2/c1-14(27)26(17-10-11-17)21-24-25-22(31-21)30-19(15-6-4-3-5-7-15)20(28)23-16-8-12-18(29-2)13-9-16/h3-9,12-13,17,19H,10-11H2,1-2H3,(H,23,28)/t19-/m0/s1. The molecule has 1 aromatic heterocycles. The smallest absolute Gasteiger partial charge is 0.242 e. The molecule has 31 heavy (non-hydrogen) atoms. The molecular weight excluding hydrogens is 432 g/mol. The topological polar surface area (TPSA) is 84.4 Å². The fourth-order valence-electron chi connectivity index (χ4n) is 3.11. The summed E-state index contributed by atoms with van der Waals surface area (Å²) in [6, 6.07) is 17.0. The summed E-state index contributed by atoms with van der Waals surface area (Å²) in [7, 11) is 1.60. The van der Waals surface area contributed by atoms with E-state index in [2.05, 4.69) is 15.5 Å². The Morgan fingerprint density at radius 3 is 2.45 bits per heavy atom. The minimum Gasteiger partial charge on any atom is -0.497 e. The van der Waals surface area contributed by atoms with Crippen molar-refractivity contribution >= 4 is 45.7 Å². The van der Waals surface area contributed by atoms with Gasteiger partial charge >= 0.3 is 0 Å². The number of aromatic nitrogens is 2. The van der Waals surface area contributed by atoms with Gasteiger partial charge in [0.15, 0.2) is 4.34 Å². The van der Waals surface area contributed by atoms with E-state index < -0.39 is 5.25 Å². The molecule has 1 aliphatic rings. The largest absolute Gasteiger partial charge is 0.497 e. The van der Waals surface area contributed by atoms with Gasteiger partial charge in [0.2, 0.25) is 16.9 Å². The molecule has 4 rings (SSSR count). The van der Waals surface area contributed by atoms with Crippen LogP contribution in [0.4, 0.5) is 10.8 Å². The van der Waals surface area contributed by atoms with Crippen LogP contribution in [0.15, 0.2) is 58.9 Å². The highest BCUT2D eigenvalue weighted by atomic mass is 32.2. The molecule has 2 aromatic carbocycles. The van der Waals surface area contributed by atoms with Gasteiger partial charge in [-0.1, -0.05) is 53.4 Å². The molecule has 160 valence electrons. The Bertz CT molecular complexity index is 1050. The van der Waals surface area contributed by atoms with Crippen molar-refractivity contribution in [2.24, 2.45) is 0 Å². The van der Waals surface area contributed by atoms with Crippen molar-refractivity contribution in [1.29, 1.82) is 0 Å². The maximum absolute atomic E-state index is 13.2. The predicted octanol–water partition coefficient (Wildman–Crippen LogP) is 4.53. The van der Waals surface area contributed by atoms with Crippen LogP contribution in [-0.2, 0) is 9.59 Å². The first-order chi connectivity index (χ1) is 15.0. The highest BCUT2D eigenvalue weighted by Gasteiger charge is 2.34. The van der Waals surface area contributed by atoms with Gasteiger partial charge in [0.1, 0.15) is 11.0 Å². The second kappa shape index (κ2) is 9.49. The van der Waals surface area contributed by atoms with Crippen molar-refractivity contribution in [2.75, 3.05) is 17.3 Å². The van der Waals surface area contributed by atoms with E-state index in [1.807, 2.05) is 30.3 Å². The van der Waals surface area contributed by atoms with Crippen molar-refractivity contribution in [2.45, 2.75) is 35.4 Å². The zero-order valence-electron chi connectivity index (χ0n) is 17.1. The summed E-state index contributed by atoms with van der Waals surface area (Å²) in [5, 5.41) is 11.5. The molecule has 1 aliphatic carbocycles.